The van der Waals surface area contributed by atoms with Gasteiger partial charge in [0.05, 0.1) is 17.6 Å². The van der Waals surface area contributed by atoms with E-state index in [1.165, 1.54) is 0 Å². The molecule has 0 saturated heterocycles. The molecule has 2 aromatic heterocycles. The van der Waals surface area contributed by atoms with Crippen molar-refractivity contribution < 1.29 is 9.53 Å². The van der Waals surface area contributed by atoms with Crippen molar-refractivity contribution in [2.75, 3.05) is 20.2 Å². The number of hydrogen-bond donors (Lipinski definition) is 1. The zero-order valence-electron chi connectivity index (χ0n) is 19.9. The Balaban J connectivity index is 1.36. The third kappa shape index (κ3) is 5.12. The van der Waals surface area contributed by atoms with Crippen molar-refractivity contribution in [3.63, 3.8) is 0 Å². The maximum Gasteiger partial charge on any atom is 0.326 e. The second kappa shape index (κ2) is 10.7. The Morgan fingerprint density at radius 1 is 1.17 bits per heavy atom. The Morgan fingerprint density at radius 3 is 2.78 bits per heavy atom. The van der Waals surface area contributed by atoms with Crippen LogP contribution in [0.5, 0.6) is 5.75 Å². The van der Waals surface area contributed by atoms with Crippen molar-refractivity contribution in [3.05, 3.63) is 99.4 Å². The molecule has 1 amide bonds. The van der Waals surface area contributed by atoms with Crippen LogP contribution in [-0.2, 0) is 19.5 Å². The van der Waals surface area contributed by atoms with Gasteiger partial charge in [-0.15, -0.1) is 0 Å². The van der Waals surface area contributed by atoms with E-state index in [4.69, 9.17) is 27.9 Å². The fourth-order valence-corrected chi connectivity index (χ4v) is 5.15. The van der Waals surface area contributed by atoms with Gasteiger partial charge < -0.3 is 10.1 Å². The molecule has 0 unspecified atom stereocenters. The van der Waals surface area contributed by atoms with Crippen LogP contribution in [0.3, 0.4) is 0 Å². The molecule has 0 radical (unpaired) electrons. The van der Waals surface area contributed by atoms with Gasteiger partial charge in [0.15, 0.2) is 0 Å². The van der Waals surface area contributed by atoms with Gasteiger partial charge in [-0.2, -0.15) is 0 Å². The molecule has 3 heterocycles. The van der Waals surface area contributed by atoms with E-state index < -0.39 is 0 Å². The molecule has 1 aliphatic rings. The summed E-state index contributed by atoms with van der Waals surface area (Å²) in [5.41, 5.74) is 4.97. The van der Waals surface area contributed by atoms with E-state index in [0.29, 0.717) is 16.7 Å². The standard InChI is InChI=1S/C28H26Cl2N4O2/c1-36-21-9-7-19(8-10-21)4-3-14-33-15-12-24-22(18-33)27-23(29)5-2-6-25(27)34(24)28(35)32-17-20-11-13-31-26(30)16-20/h2-11,13,16H,12,14-15,17-18H2,1H3,(H,32,35)/b4-3+. The lowest BCUT2D eigenvalue weighted by atomic mass is 10.0. The summed E-state index contributed by atoms with van der Waals surface area (Å²) in [5.74, 6) is 0.845. The fraction of sp³-hybridized carbons (Fsp3) is 0.214. The number of fused-ring (bicyclic) bond motifs is 3. The van der Waals surface area contributed by atoms with Crippen LogP contribution in [0.25, 0.3) is 17.0 Å². The average molecular weight is 521 g/mol. The molecule has 184 valence electrons. The zero-order chi connectivity index (χ0) is 25.1. The number of methoxy groups -OCH3 is 1. The number of halogens is 2. The number of hydrogen-bond acceptors (Lipinski definition) is 4. The molecule has 1 aliphatic heterocycles. The molecule has 0 spiro atoms. The van der Waals surface area contributed by atoms with E-state index in [1.54, 1.807) is 23.9 Å². The third-order valence-corrected chi connectivity index (χ3v) is 6.95. The normalized spacial score (nSPS) is 13.8. The van der Waals surface area contributed by atoms with Crippen molar-refractivity contribution in [3.8, 4) is 5.75 Å². The second-order valence-electron chi connectivity index (χ2n) is 8.70. The van der Waals surface area contributed by atoms with Gasteiger partial charge in [0.2, 0.25) is 0 Å². The first-order chi connectivity index (χ1) is 17.5. The van der Waals surface area contributed by atoms with E-state index >= 15 is 0 Å². The molecule has 0 atom stereocenters. The van der Waals surface area contributed by atoms with Crippen LogP contribution in [0.2, 0.25) is 10.2 Å². The molecule has 0 bridgehead atoms. The van der Waals surface area contributed by atoms with Crippen molar-refractivity contribution in [1.29, 1.82) is 0 Å². The Bertz CT molecular complexity index is 1430. The van der Waals surface area contributed by atoms with Gasteiger partial charge in [-0.1, -0.05) is 53.6 Å². The molecule has 36 heavy (non-hydrogen) atoms. The predicted molar refractivity (Wildman–Crippen MR) is 145 cm³/mol. The van der Waals surface area contributed by atoms with Gasteiger partial charge in [0.1, 0.15) is 10.9 Å². The van der Waals surface area contributed by atoms with Gasteiger partial charge >= 0.3 is 6.03 Å². The number of aromatic nitrogens is 2. The van der Waals surface area contributed by atoms with Gasteiger partial charge in [-0.25, -0.2) is 9.78 Å². The van der Waals surface area contributed by atoms with Gasteiger partial charge in [-0.05, 0) is 53.1 Å². The highest BCUT2D eigenvalue weighted by atomic mass is 35.5. The van der Waals surface area contributed by atoms with E-state index in [-0.39, 0.29) is 6.03 Å². The SMILES string of the molecule is COc1ccc(/C=C/CN2CCc3c(c4c(Cl)cccc4n3C(=O)NCc3ccnc(Cl)c3)C2)cc1. The lowest BCUT2D eigenvalue weighted by Crippen LogP contribution is -2.34. The first-order valence-corrected chi connectivity index (χ1v) is 12.5. The smallest absolute Gasteiger partial charge is 0.326 e. The van der Waals surface area contributed by atoms with E-state index in [2.05, 4.69) is 27.4 Å². The maximum atomic E-state index is 13.3. The number of benzene rings is 2. The summed E-state index contributed by atoms with van der Waals surface area (Å²) < 4.78 is 7.01. The molecule has 0 saturated carbocycles. The number of rotatable bonds is 6. The fourth-order valence-electron chi connectivity index (χ4n) is 4.67. The number of nitrogens with one attached hydrogen (secondary N) is 1. The third-order valence-electron chi connectivity index (χ3n) is 6.43. The molecule has 5 rings (SSSR count). The first kappa shape index (κ1) is 24.4. The Labute approximate surface area is 220 Å². The largest absolute Gasteiger partial charge is 0.497 e. The molecule has 0 fully saturated rings. The summed E-state index contributed by atoms with van der Waals surface area (Å²) in [5, 5.41) is 5.03. The molecule has 4 aromatic rings. The highest BCUT2D eigenvalue weighted by Gasteiger charge is 2.27. The summed E-state index contributed by atoms with van der Waals surface area (Å²) in [6.45, 7) is 2.74. The number of ether oxygens (including phenoxy) is 1. The highest BCUT2D eigenvalue weighted by Crippen LogP contribution is 2.35. The molecule has 0 aliphatic carbocycles. The molecule has 2 aromatic carbocycles. The topological polar surface area (TPSA) is 59.4 Å². The first-order valence-electron chi connectivity index (χ1n) is 11.8. The Hall–Kier alpha value is -3.32. The molecule has 6 nitrogen and oxygen atoms in total. The van der Waals surface area contributed by atoms with Crippen LogP contribution in [0.1, 0.15) is 22.4 Å². The second-order valence-corrected chi connectivity index (χ2v) is 9.50. The molecular formula is C28H26Cl2N4O2. The molecule has 1 N–H and O–H groups in total. The lowest BCUT2D eigenvalue weighted by molar-refractivity contribution is 0.240. The van der Waals surface area contributed by atoms with Gasteiger partial charge in [0.25, 0.3) is 0 Å². The van der Waals surface area contributed by atoms with Gasteiger partial charge in [0, 0.05) is 49.9 Å². The number of carbonyl (C=O) groups is 1. The number of amides is 1. The van der Waals surface area contributed by atoms with Crippen LogP contribution in [-0.4, -0.2) is 40.7 Å². The van der Waals surface area contributed by atoms with E-state index in [1.807, 2.05) is 48.5 Å². The number of pyridine rings is 1. The number of carbonyl (C=O) groups excluding carboxylic acids is 1. The van der Waals surface area contributed by atoms with Crippen LogP contribution < -0.4 is 10.1 Å². The van der Waals surface area contributed by atoms with Crippen molar-refractivity contribution in [1.82, 2.24) is 19.8 Å². The van der Waals surface area contributed by atoms with Crippen molar-refractivity contribution >= 4 is 46.2 Å². The van der Waals surface area contributed by atoms with Crippen LogP contribution >= 0.6 is 23.2 Å². The number of nitrogens with zero attached hydrogens (tertiary/aromatic N) is 3. The van der Waals surface area contributed by atoms with Crippen molar-refractivity contribution in [2.24, 2.45) is 0 Å². The summed E-state index contributed by atoms with van der Waals surface area (Å²) in [6.07, 6.45) is 6.67. The zero-order valence-corrected chi connectivity index (χ0v) is 21.4. The Kier molecular flexibility index (Phi) is 7.28. The minimum Gasteiger partial charge on any atom is -0.497 e. The summed E-state index contributed by atoms with van der Waals surface area (Å²) >= 11 is 12.6. The van der Waals surface area contributed by atoms with Crippen LogP contribution in [0.4, 0.5) is 4.79 Å². The maximum absolute atomic E-state index is 13.3. The lowest BCUT2D eigenvalue weighted by Gasteiger charge is -2.27. The molecular weight excluding hydrogens is 495 g/mol. The van der Waals surface area contributed by atoms with Crippen LogP contribution in [0, 0.1) is 0 Å². The van der Waals surface area contributed by atoms with Crippen molar-refractivity contribution in [2.45, 2.75) is 19.5 Å². The highest BCUT2D eigenvalue weighted by molar-refractivity contribution is 6.36. The minimum absolute atomic E-state index is 0.177. The summed E-state index contributed by atoms with van der Waals surface area (Å²) in [4.78, 5) is 19.7. The predicted octanol–water partition coefficient (Wildman–Crippen LogP) is 6.18. The van der Waals surface area contributed by atoms with E-state index in [0.717, 1.165) is 65.1 Å². The monoisotopic (exact) mass is 520 g/mol. The summed E-state index contributed by atoms with van der Waals surface area (Å²) in [7, 11) is 1.67. The summed E-state index contributed by atoms with van der Waals surface area (Å²) in [6, 6.07) is 17.1. The van der Waals surface area contributed by atoms with E-state index in [9.17, 15) is 4.79 Å². The minimum atomic E-state index is -0.177. The molecule has 8 heteroatoms. The Morgan fingerprint density at radius 2 is 2.00 bits per heavy atom. The quantitative estimate of drug-likeness (QED) is 0.308. The van der Waals surface area contributed by atoms with Crippen LogP contribution in [0.15, 0.2) is 66.9 Å². The van der Waals surface area contributed by atoms with Gasteiger partial charge in [-0.3, -0.25) is 9.47 Å². The average Bonchev–Trinajstić information content (AvgIpc) is 3.22.